The number of halogens is 1. The van der Waals surface area contributed by atoms with Gasteiger partial charge in [-0.1, -0.05) is 35.9 Å². The smallest absolute Gasteiger partial charge is 0.224 e. The highest BCUT2D eigenvalue weighted by atomic mass is 35.5. The van der Waals surface area contributed by atoms with Crippen molar-refractivity contribution < 1.29 is 23.7 Å². The molecule has 3 aromatic rings. The molecule has 0 spiro atoms. The van der Waals surface area contributed by atoms with E-state index in [-0.39, 0.29) is 12.3 Å². The SMILES string of the molecule is COc1cc(CCC(=O)Nc2ccccc2Oc2ccccc2Cl)cc(OC)c1OC. The minimum absolute atomic E-state index is 0.149. The molecule has 0 aromatic heterocycles. The van der Waals surface area contributed by atoms with E-state index in [4.69, 9.17) is 30.5 Å². The summed E-state index contributed by atoms with van der Waals surface area (Å²) in [4.78, 5) is 12.6. The van der Waals surface area contributed by atoms with Crippen LogP contribution in [-0.4, -0.2) is 27.2 Å². The summed E-state index contributed by atoms with van der Waals surface area (Å²) < 4.78 is 22.0. The molecule has 0 fully saturated rings. The Hall–Kier alpha value is -3.38. The van der Waals surface area contributed by atoms with E-state index in [9.17, 15) is 4.79 Å². The largest absolute Gasteiger partial charge is 0.493 e. The van der Waals surface area contributed by atoms with Crippen LogP contribution in [-0.2, 0) is 11.2 Å². The Morgan fingerprint density at radius 3 is 2.06 bits per heavy atom. The fourth-order valence-corrected chi connectivity index (χ4v) is 3.23. The van der Waals surface area contributed by atoms with E-state index in [2.05, 4.69) is 5.32 Å². The molecule has 31 heavy (non-hydrogen) atoms. The Kier molecular flexibility index (Phi) is 7.62. The van der Waals surface area contributed by atoms with Crippen molar-refractivity contribution in [3.63, 3.8) is 0 Å². The summed E-state index contributed by atoms with van der Waals surface area (Å²) in [6.45, 7) is 0. The molecule has 0 unspecified atom stereocenters. The third-order valence-corrected chi connectivity index (χ3v) is 4.90. The van der Waals surface area contributed by atoms with Gasteiger partial charge in [0.15, 0.2) is 17.2 Å². The minimum atomic E-state index is -0.149. The Labute approximate surface area is 186 Å². The normalized spacial score (nSPS) is 10.3. The lowest BCUT2D eigenvalue weighted by atomic mass is 10.1. The van der Waals surface area contributed by atoms with Crippen molar-refractivity contribution in [2.45, 2.75) is 12.8 Å². The van der Waals surface area contributed by atoms with Gasteiger partial charge in [-0.05, 0) is 48.4 Å². The van der Waals surface area contributed by atoms with E-state index in [0.717, 1.165) is 5.56 Å². The second-order valence-corrected chi connectivity index (χ2v) is 7.02. The van der Waals surface area contributed by atoms with Crippen LogP contribution >= 0.6 is 11.6 Å². The lowest BCUT2D eigenvalue weighted by molar-refractivity contribution is -0.116. The average Bonchev–Trinajstić information content (AvgIpc) is 2.79. The first-order valence-electron chi connectivity index (χ1n) is 9.65. The zero-order chi connectivity index (χ0) is 22.2. The summed E-state index contributed by atoms with van der Waals surface area (Å²) >= 11 is 6.18. The standard InChI is InChI=1S/C24H24ClNO5/c1-28-21-14-16(15-22(29-2)24(21)30-3)12-13-23(27)26-18-9-5-7-11-20(18)31-19-10-6-4-8-17(19)25/h4-11,14-15H,12-13H2,1-3H3,(H,26,27). The van der Waals surface area contributed by atoms with E-state index >= 15 is 0 Å². The molecular weight excluding hydrogens is 418 g/mol. The maximum Gasteiger partial charge on any atom is 0.224 e. The minimum Gasteiger partial charge on any atom is -0.493 e. The first-order chi connectivity index (χ1) is 15.0. The van der Waals surface area contributed by atoms with Crippen LogP contribution < -0.4 is 24.3 Å². The van der Waals surface area contributed by atoms with Gasteiger partial charge in [-0.15, -0.1) is 0 Å². The molecular formula is C24H24ClNO5. The van der Waals surface area contributed by atoms with Crippen LogP contribution in [0.4, 0.5) is 5.69 Å². The molecule has 0 aliphatic rings. The monoisotopic (exact) mass is 441 g/mol. The Morgan fingerprint density at radius 2 is 1.45 bits per heavy atom. The number of amides is 1. The summed E-state index contributed by atoms with van der Waals surface area (Å²) in [5.74, 6) is 2.50. The zero-order valence-corrected chi connectivity index (χ0v) is 18.4. The predicted octanol–water partition coefficient (Wildman–Crippen LogP) is 5.73. The number of carbonyl (C=O) groups excluding carboxylic acids is 1. The van der Waals surface area contributed by atoms with Gasteiger partial charge < -0.3 is 24.3 Å². The molecule has 6 nitrogen and oxygen atoms in total. The molecule has 0 radical (unpaired) electrons. The van der Waals surface area contributed by atoms with Crippen molar-refractivity contribution in [2.24, 2.45) is 0 Å². The Balaban J connectivity index is 1.69. The van der Waals surface area contributed by atoms with E-state index in [0.29, 0.717) is 45.9 Å². The molecule has 7 heteroatoms. The summed E-state index contributed by atoms with van der Waals surface area (Å²) in [6, 6.07) is 18.1. The van der Waals surface area contributed by atoms with Gasteiger partial charge in [0, 0.05) is 6.42 Å². The van der Waals surface area contributed by atoms with E-state index < -0.39 is 0 Å². The number of methoxy groups -OCH3 is 3. The number of ether oxygens (including phenoxy) is 4. The molecule has 3 rings (SSSR count). The second-order valence-electron chi connectivity index (χ2n) is 6.61. The van der Waals surface area contributed by atoms with Crippen LogP contribution in [0.25, 0.3) is 0 Å². The van der Waals surface area contributed by atoms with Crippen molar-refractivity contribution in [2.75, 3.05) is 26.6 Å². The van der Waals surface area contributed by atoms with Gasteiger partial charge in [-0.3, -0.25) is 4.79 Å². The van der Waals surface area contributed by atoms with Crippen molar-refractivity contribution >= 4 is 23.2 Å². The summed E-state index contributed by atoms with van der Waals surface area (Å²) in [5.41, 5.74) is 1.46. The van der Waals surface area contributed by atoms with Crippen LogP contribution in [0.2, 0.25) is 5.02 Å². The Bertz CT molecular complexity index is 1030. The van der Waals surface area contributed by atoms with Crippen LogP contribution in [0.3, 0.4) is 0 Å². The lowest BCUT2D eigenvalue weighted by Gasteiger charge is -2.15. The molecule has 0 heterocycles. The van der Waals surface area contributed by atoms with Crippen LogP contribution in [0, 0.1) is 0 Å². The van der Waals surface area contributed by atoms with Crippen LogP contribution in [0.15, 0.2) is 60.7 Å². The van der Waals surface area contributed by atoms with Crippen molar-refractivity contribution in [1.29, 1.82) is 0 Å². The number of nitrogens with one attached hydrogen (secondary N) is 1. The number of anilines is 1. The fourth-order valence-electron chi connectivity index (χ4n) is 3.06. The van der Waals surface area contributed by atoms with Crippen molar-refractivity contribution in [3.8, 4) is 28.7 Å². The fraction of sp³-hybridized carbons (Fsp3) is 0.208. The molecule has 0 aliphatic heterocycles. The molecule has 1 amide bonds. The lowest BCUT2D eigenvalue weighted by Crippen LogP contribution is -2.13. The van der Waals surface area contributed by atoms with Gasteiger partial charge in [-0.2, -0.15) is 0 Å². The number of rotatable bonds is 9. The van der Waals surface area contributed by atoms with Crippen molar-refractivity contribution in [3.05, 3.63) is 71.2 Å². The zero-order valence-electron chi connectivity index (χ0n) is 17.6. The third kappa shape index (κ3) is 5.61. The quantitative estimate of drug-likeness (QED) is 0.459. The molecule has 0 saturated heterocycles. The number of para-hydroxylation sites is 3. The van der Waals surface area contributed by atoms with Gasteiger partial charge >= 0.3 is 0 Å². The van der Waals surface area contributed by atoms with Crippen molar-refractivity contribution in [1.82, 2.24) is 0 Å². The highest BCUT2D eigenvalue weighted by molar-refractivity contribution is 6.32. The van der Waals surface area contributed by atoms with Gasteiger partial charge in [0.2, 0.25) is 11.7 Å². The maximum absolute atomic E-state index is 12.6. The third-order valence-electron chi connectivity index (χ3n) is 4.58. The number of hydrogen-bond donors (Lipinski definition) is 1. The predicted molar refractivity (Wildman–Crippen MR) is 121 cm³/mol. The van der Waals surface area contributed by atoms with Crippen LogP contribution in [0.5, 0.6) is 28.7 Å². The summed E-state index contributed by atoms with van der Waals surface area (Å²) in [6.07, 6.45) is 0.759. The first-order valence-corrected chi connectivity index (χ1v) is 10.0. The molecule has 3 aromatic carbocycles. The Morgan fingerprint density at radius 1 is 0.839 bits per heavy atom. The van der Waals surface area contributed by atoms with E-state index in [1.165, 1.54) is 0 Å². The summed E-state index contributed by atoms with van der Waals surface area (Å²) in [7, 11) is 4.67. The van der Waals surface area contributed by atoms with Crippen LogP contribution in [0.1, 0.15) is 12.0 Å². The second kappa shape index (κ2) is 10.6. The molecule has 1 N–H and O–H groups in total. The molecule has 0 aliphatic carbocycles. The number of benzene rings is 3. The highest BCUT2D eigenvalue weighted by Gasteiger charge is 2.15. The number of carbonyl (C=O) groups is 1. The van der Waals surface area contributed by atoms with Gasteiger partial charge in [0.1, 0.15) is 5.75 Å². The first kappa shape index (κ1) is 22.3. The average molecular weight is 442 g/mol. The maximum atomic E-state index is 12.6. The van der Waals surface area contributed by atoms with E-state index in [1.807, 2.05) is 36.4 Å². The molecule has 0 atom stereocenters. The van der Waals surface area contributed by atoms with E-state index in [1.54, 1.807) is 45.6 Å². The topological polar surface area (TPSA) is 66.0 Å². The van der Waals surface area contributed by atoms with Gasteiger partial charge in [0.25, 0.3) is 0 Å². The van der Waals surface area contributed by atoms with Gasteiger partial charge in [0.05, 0.1) is 32.0 Å². The molecule has 0 saturated carbocycles. The number of hydrogen-bond acceptors (Lipinski definition) is 5. The highest BCUT2D eigenvalue weighted by Crippen LogP contribution is 2.38. The molecule has 0 bridgehead atoms. The molecule has 162 valence electrons. The summed E-state index contributed by atoms with van der Waals surface area (Å²) in [5, 5.41) is 3.40. The number of aryl methyl sites for hydroxylation is 1. The van der Waals surface area contributed by atoms with Gasteiger partial charge in [-0.25, -0.2) is 0 Å².